The molecule has 2 aromatic rings. The highest BCUT2D eigenvalue weighted by molar-refractivity contribution is 5.98. The standard InChI is InChI=1S/C20H23NO6/c1-20(19(23)24,13-8-6-5-7-9-13)12-21-18(22)14-10-11-15(25-2)17(27-4)16(14)26-3/h5-11H,12H2,1-4H3,(H,21,22)(H,23,24). The molecule has 0 saturated heterocycles. The third-order valence-electron chi connectivity index (χ3n) is 4.43. The van der Waals surface area contributed by atoms with E-state index in [1.165, 1.54) is 27.4 Å². The van der Waals surface area contributed by atoms with Crippen LogP contribution in [0, 0.1) is 0 Å². The molecule has 144 valence electrons. The topological polar surface area (TPSA) is 94.1 Å². The Labute approximate surface area is 157 Å². The highest BCUT2D eigenvalue weighted by Crippen LogP contribution is 2.39. The molecule has 1 amide bonds. The fraction of sp³-hybridized carbons (Fsp3) is 0.300. The van der Waals surface area contributed by atoms with Gasteiger partial charge in [-0.1, -0.05) is 30.3 Å². The molecule has 1 unspecified atom stereocenters. The summed E-state index contributed by atoms with van der Waals surface area (Å²) in [5.41, 5.74) is -0.464. The summed E-state index contributed by atoms with van der Waals surface area (Å²) < 4.78 is 15.8. The smallest absolute Gasteiger partial charge is 0.315 e. The second-order valence-electron chi connectivity index (χ2n) is 6.07. The van der Waals surface area contributed by atoms with Crippen LogP contribution in [0.1, 0.15) is 22.8 Å². The highest BCUT2D eigenvalue weighted by Gasteiger charge is 2.36. The third-order valence-corrected chi connectivity index (χ3v) is 4.43. The molecule has 0 bridgehead atoms. The number of carboxylic acid groups (broad SMARTS) is 1. The number of ether oxygens (including phenoxy) is 3. The first kappa shape index (κ1) is 20.1. The van der Waals surface area contributed by atoms with E-state index in [0.717, 1.165) is 0 Å². The lowest BCUT2D eigenvalue weighted by Crippen LogP contribution is -2.44. The molecular formula is C20H23NO6. The van der Waals surface area contributed by atoms with Crippen molar-refractivity contribution >= 4 is 11.9 Å². The predicted molar refractivity (Wildman–Crippen MR) is 99.9 cm³/mol. The number of carbonyl (C=O) groups excluding carboxylic acids is 1. The molecule has 0 fully saturated rings. The fourth-order valence-corrected chi connectivity index (χ4v) is 2.74. The van der Waals surface area contributed by atoms with Crippen LogP contribution in [0.4, 0.5) is 0 Å². The van der Waals surface area contributed by atoms with Crippen molar-refractivity contribution < 1.29 is 28.9 Å². The average Bonchev–Trinajstić information content (AvgIpc) is 2.70. The molecule has 7 heteroatoms. The van der Waals surface area contributed by atoms with Gasteiger partial charge in [-0.3, -0.25) is 9.59 Å². The molecule has 0 radical (unpaired) electrons. The maximum atomic E-state index is 12.7. The number of nitrogens with one attached hydrogen (secondary N) is 1. The molecule has 2 rings (SSSR count). The van der Waals surface area contributed by atoms with Gasteiger partial charge in [0.1, 0.15) is 5.41 Å². The van der Waals surface area contributed by atoms with Crippen LogP contribution in [-0.4, -0.2) is 44.9 Å². The Morgan fingerprint density at radius 2 is 1.59 bits per heavy atom. The Kier molecular flexibility index (Phi) is 6.28. The molecule has 0 saturated carbocycles. The van der Waals surface area contributed by atoms with E-state index in [0.29, 0.717) is 11.3 Å². The van der Waals surface area contributed by atoms with Gasteiger partial charge in [-0.25, -0.2) is 0 Å². The molecule has 2 N–H and O–H groups in total. The van der Waals surface area contributed by atoms with Crippen LogP contribution >= 0.6 is 0 Å². The van der Waals surface area contributed by atoms with Gasteiger partial charge in [-0.05, 0) is 24.6 Å². The minimum absolute atomic E-state index is 0.0946. The van der Waals surface area contributed by atoms with Gasteiger partial charge in [0.05, 0.1) is 26.9 Å². The average molecular weight is 373 g/mol. The van der Waals surface area contributed by atoms with Crippen LogP contribution in [-0.2, 0) is 10.2 Å². The zero-order chi connectivity index (χ0) is 20.0. The van der Waals surface area contributed by atoms with Crippen molar-refractivity contribution in [2.45, 2.75) is 12.3 Å². The van der Waals surface area contributed by atoms with Crippen molar-refractivity contribution in [1.29, 1.82) is 0 Å². The van der Waals surface area contributed by atoms with E-state index >= 15 is 0 Å². The van der Waals surface area contributed by atoms with E-state index in [2.05, 4.69) is 5.32 Å². The normalized spacial score (nSPS) is 12.6. The van der Waals surface area contributed by atoms with E-state index < -0.39 is 17.3 Å². The van der Waals surface area contributed by atoms with E-state index in [9.17, 15) is 14.7 Å². The second kappa shape index (κ2) is 8.44. The van der Waals surface area contributed by atoms with Crippen LogP contribution in [0.2, 0.25) is 0 Å². The van der Waals surface area contributed by atoms with Crippen molar-refractivity contribution in [3.63, 3.8) is 0 Å². The molecule has 0 aliphatic carbocycles. The summed E-state index contributed by atoms with van der Waals surface area (Å²) in [6.07, 6.45) is 0. The minimum atomic E-state index is -1.28. The Hall–Kier alpha value is -3.22. The lowest BCUT2D eigenvalue weighted by molar-refractivity contribution is -0.142. The Balaban J connectivity index is 2.30. The van der Waals surface area contributed by atoms with E-state index in [-0.39, 0.29) is 23.6 Å². The number of benzene rings is 2. The zero-order valence-electron chi connectivity index (χ0n) is 15.7. The summed E-state index contributed by atoms with van der Waals surface area (Å²) in [7, 11) is 4.34. The van der Waals surface area contributed by atoms with Crippen molar-refractivity contribution in [3.8, 4) is 17.2 Å². The van der Waals surface area contributed by atoms with Crippen molar-refractivity contribution in [2.75, 3.05) is 27.9 Å². The van der Waals surface area contributed by atoms with Crippen LogP contribution in [0.3, 0.4) is 0 Å². The van der Waals surface area contributed by atoms with Gasteiger partial charge < -0.3 is 24.6 Å². The zero-order valence-corrected chi connectivity index (χ0v) is 15.7. The molecule has 27 heavy (non-hydrogen) atoms. The number of carboxylic acids is 1. The summed E-state index contributed by atoms with van der Waals surface area (Å²) in [4.78, 5) is 24.6. The molecule has 0 aliphatic rings. The molecule has 2 aromatic carbocycles. The molecular weight excluding hydrogens is 350 g/mol. The van der Waals surface area contributed by atoms with E-state index in [4.69, 9.17) is 14.2 Å². The number of hydrogen-bond donors (Lipinski definition) is 2. The van der Waals surface area contributed by atoms with Gasteiger partial charge in [-0.2, -0.15) is 0 Å². The number of aliphatic carboxylic acids is 1. The largest absolute Gasteiger partial charge is 0.493 e. The maximum Gasteiger partial charge on any atom is 0.315 e. The molecule has 0 aliphatic heterocycles. The molecule has 1 atom stereocenters. The Morgan fingerprint density at radius 1 is 0.963 bits per heavy atom. The van der Waals surface area contributed by atoms with Crippen LogP contribution in [0.25, 0.3) is 0 Å². The second-order valence-corrected chi connectivity index (χ2v) is 6.07. The van der Waals surface area contributed by atoms with Gasteiger partial charge >= 0.3 is 5.97 Å². The van der Waals surface area contributed by atoms with Gasteiger partial charge in [-0.15, -0.1) is 0 Å². The quantitative estimate of drug-likeness (QED) is 0.738. The first-order valence-electron chi connectivity index (χ1n) is 8.25. The number of hydrogen-bond acceptors (Lipinski definition) is 5. The summed E-state index contributed by atoms with van der Waals surface area (Å²) in [6, 6.07) is 11.9. The highest BCUT2D eigenvalue weighted by atomic mass is 16.5. The third kappa shape index (κ3) is 3.97. The number of methoxy groups -OCH3 is 3. The summed E-state index contributed by atoms with van der Waals surface area (Å²) >= 11 is 0. The number of amides is 1. The minimum Gasteiger partial charge on any atom is -0.493 e. The first-order valence-corrected chi connectivity index (χ1v) is 8.25. The lowest BCUT2D eigenvalue weighted by Gasteiger charge is -2.26. The van der Waals surface area contributed by atoms with Gasteiger partial charge in [0.15, 0.2) is 11.5 Å². The van der Waals surface area contributed by atoms with Crippen molar-refractivity contribution in [2.24, 2.45) is 0 Å². The molecule has 7 nitrogen and oxygen atoms in total. The summed E-state index contributed by atoms with van der Waals surface area (Å²) in [5.74, 6) is -0.585. The Bertz CT molecular complexity index is 821. The van der Waals surface area contributed by atoms with Crippen LogP contribution in [0.15, 0.2) is 42.5 Å². The van der Waals surface area contributed by atoms with Crippen LogP contribution < -0.4 is 19.5 Å². The predicted octanol–water partition coefficient (Wildman–Crippen LogP) is 2.48. The summed E-state index contributed by atoms with van der Waals surface area (Å²) in [5, 5.41) is 12.4. The Morgan fingerprint density at radius 3 is 2.11 bits per heavy atom. The van der Waals surface area contributed by atoms with Crippen molar-refractivity contribution in [3.05, 3.63) is 53.6 Å². The van der Waals surface area contributed by atoms with Gasteiger partial charge in [0.2, 0.25) is 5.75 Å². The molecule has 0 heterocycles. The van der Waals surface area contributed by atoms with Crippen LogP contribution in [0.5, 0.6) is 17.2 Å². The SMILES string of the molecule is COc1ccc(C(=O)NCC(C)(C(=O)O)c2ccccc2)c(OC)c1OC. The number of carbonyl (C=O) groups is 2. The summed E-state index contributed by atoms with van der Waals surface area (Å²) in [6.45, 7) is 1.47. The maximum absolute atomic E-state index is 12.7. The fourth-order valence-electron chi connectivity index (χ4n) is 2.74. The molecule has 0 spiro atoms. The van der Waals surface area contributed by atoms with Gasteiger partial charge in [0, 0.05) is 6.54 Å². The van der Waals surface area contributed by atoms with Gasteiger partial charge in [0.25, 0.3) is 5.91 Å². The number of rotatable bonds is 8. The van der Waals surface area contributed by atoms with Crippen molar-refractivity contribution in [1.82, 2.24) is 5.32 Å². The van der Waals surface area contributed by atoms with E-state index in [1.807, 2.05) is 0 Å². The molecule has 0 aromatic heterocycles. The lowest BCUT2D eigenvalue weighted by atomic mass is 9.82. The monoisotopic (exact) mass is 373 g/mol. The first-order chi connectivity index (χ1) is 12.9. The van der Waals surface area contributed by atoms with E-state index in [1.54, 1.807) is 43.3 Å².